The predicted molar refractivity (Wildman–Crippen MR) is 79.3 cm³/mol. The molecule has 3 heteroatoms. The van der Waals surface area contributed by atoms with E-state index in [4.69, 9.17) is 0 Å². The maximum Gasteiger partial charge on any atom is 0.249 e. The van der Waals surface area contributed by atoms with Crippen LogP contribution in [0.3, 0.4) is 0 Å². The number of aromatic nitrogens is 2. The van der Waals surface area contributed by atoms with Crippen molar-refractivity contribution in [2.45, 2.75) is 46.1 Å². The van der Waals surface area contributed by atoms with Crippen molar-refractivity contribution in [3.05, 3.63) is 48.8 Å². The molecule has 2 rings (SSSR count). The van der Waals surface area contributed by atoms with Gasteiger partial charge in [0, 0.05) is 0 Å². The predicted octanol–water partition coefficient (Wildman–Crippen LogP) is 4.08. The third-order valence-electron chi connectivity index (χ3n) is 4.01. The van der Waals surface area contributed by atoms with Crippen LogP contribution in [0.2, 0.25) is 0 Å². The lowest BCUT2D eigenvalue weighted by atomic mass is 9.90. The van der Waals surface area contributed by atoms with Crippen LogP contribution < -0.4 is 4.57 Å². The summed E-state index contributed by atoms with van der Waals surface area (Å²) in [6, 6.07) is 6.57. The van der Waals surface area contributed by atoms with Crippen LogP contribution in [0.4, 0.5) is 4.39 Å². The molecule has 0 fully saturated rings. The summed E-state index contributed by atoms with van der Waals surface area (Å²) in [6.45, 7) is 9.04. The summed E-state index contributed by atoms with van der Waals surface area (Å²) in [5, 5.41) is 0. The fourth-order valence-corrected chi connectivity index (χ4v) is 2.58. The fourth-order valence-electron chi connectivity index (χ4n) is 2.58. The first-order valence-corrected chi connectivity index (χ1v) is 7.28. The second-order valence-corrected chi connectivity index (χ2v) is 6.23. The molecule has 0 saturated carbocycles. The standard InChI is InChI=1S/C17H24FN2/c1-5-14(2)12-17(3,4)20-11-10-19(13-20)16-8-6-15(18)7-9-16/h6-11,13-14H,5,12H2,1-4H3/q+1. The van der Waals surface area contributed by atoms with Gasteiger partial charge >= 0.3 is 0 Å². The van der Waals surface area contributed by atoms with Gasteiger partial charge in [-0.3, -0.25) is 0 Å². The molecule has 1 atom stereocenters. The summed E-state index contributed by atoms with van der Waals surface area (Å²) in [5.74, 6) is 0.498. The Bertz CT molecular complexity index is 555. The highest BCUT2D eigenvalue weighted by molar-refractivity contribution is 5.30. The molecule has 0 saturated heterocycles. The molecule has 1 aromatic heterocycles. The molecule has 0 aliphatic heterocycles. The highest BCUT2D eigenvalue weighted by Crippen LogP contribution is 2.21. The highest BCUT2D eigenvalue weighted by Gasteiger charge is 2.27. The SMILES string of the molecule is CCC(C)CC(C)(C)[n+]1ccn(-c2ccc(F)cc2)c1. The molecule has 1 aromatic carbocycles. The number of imidazole rings is 1. The first-order chi connectivity index (χ1) is 9.42. The van der Waals surface area contributed by atoms with Gasteiger partial charge in [-0.2, -0.15) is 0 Å². The molecule has 0 bridgehead atoms. The van der Waals surface area contributed by atoms with Crippen molar-refractivity contribution in [1.29, 1.82) is 0 Å². The van der Waals surface area contributed by atoms with Crippen molar-refractivity contribution in [2.75, 3.05) is 0 Å². The zero-order valence-corrected chi connectivity index (χ0v) is 12.8. The van der Waals surface area contributed by atoms with Crippen LogP contribution in [0.5, 0.6) is 0 Å². The van der Waals surface area contributed by atoms with Crippen LogP contribution in [-0.4, -0.2) is 4.57 Å². The maximum atomic E-state index is 13.0. The monoisotopic (exact) mass is 275 g/mol. The van der Waals surface area contributed by atoms with E-state index in [-0.39, 0.29) is 11.4 Å². The Morgan fingerprint density at radius 1 is 1.25 bits per heavy atom. The van der Waals surface area contributed by atoms with Gasteiger partial charge in [-0.05, 0) is 50.5 Å². The van der Waals surface area contributed by atoms with Crippen molar-refractivity contribution >= 4 is 0 Å². The zero-order valence-electron chi connectivity index (χ0n) is 12.8. The quantitative estimate of drug-likeness (QED) is 0.727. The molecule has 108 valence electrons. The lowest BCUT2D eigenvalue weighted by Crippen LogP contribution is -2.51. The maximum absolute atomic E-state index is 13.0. The Hall–Kier alpha value is -1.64. The molecule has 0 amide bonds. The minimum absolute atomic E-state index is 0.0840. The van der Waals surface area contributed by atoms with Gasteiger partial charge in [0.25, 0.3) is 0 Å². The van der Waals surface area contributed by atoms with Gasteiger partial charge in [0.2, 0.25) is 6.33 Å². The summed E-state index contributed by atoms with van der Waals surface area (Å²) >= 11 is 0. The molecule has 0 radical (unpaired) electrons. The van der Waals surface area contributed by atoms with Gasteiger partial charge in [0.15, 0.2) is 0 Å². The van der Waals surface area contributed by atoms with E-state index in [1.54, 1.807) is 12.1 Å². The largest absolute Gasteiger partial charge is 0.249 e. The second-order valence-electron chi connectivity index (χ2n) is 6.23. The van der Waals surface area contributed by atoms with Gasteiger partial charge < -0.3 is 0 Å². The molecule has 2 aromatic rings. The second kappa shape index (κ2) is 5.78. The molecule has 1 heterocycles. The van der Waals surface area contributed by atoms with Crippen LogP contribution >= 0.6 is 0 Å². The molecule has 0 N–H and O–H groups in total. The van der Waals surface area contributed by atoms with Crippen LogP contribution in [-0.2, 0) is 5.54 Å². The Morgan fingerprint density at radius 2 is 1.90 bits per heavy atom. The van der Waals surface area contributed by atoms with Crippen molar-refractivity contribution in [1.82, 2.24) is 4.57 Å². The third kappa shape index (κ3) is 3.27. The smallest absolute Gasteiger partial charge is 0.232 e. The minimum Gasteiger partial charge on any atom is -0.232 e. The lowest BCUT2D eigenvalue weighted by molar-refractivity contribution is -0.758. The highest BCUT2D eigenvalue weighted by atomic mass is 19.1. The molecule has 2 nitrogen and oxygen atoms in total. The van der Waals surface area contributed by atoms with E-state index in [0.717, 1.165) is 12.1 Å². The molecule has 20 heavy (non-hydrogen) atoms. The Labute approximate surface area is 120 Å². The lowest BCUT2D eigenvalue weighted by Gasteiger charge is -2.24. The zero-order chi connectivity index (χ0) is 14.8. The van der Waals surface area contributed by atoms with E-state index >= 15 is 0 Å². The van der Waals surface area contributed by atoms with Crippen molar-refractivity contribution < 1.29 is 8.96 Å². The van der Waals surface area contributed by atoms with Gasteiger partial charge in [0.05, 0.1) is 0 Å². The number of hydrogen-bond donors (Lipinski definition) is 0. The van der Waals surface area contributed by atoms with Crippen LogP contribution in [0.1, 0.15) is 40.5 Å². The molecular weight excluding hydrogens is 251 g/mol. The summed E-state index contributed by atoms with van der Waals surface area (Å²) in [6.07, 6.45) is 8.53. The van der Waals surface area contributed by atoms with E-state index in [1.807, 2.05) is 10.8 Å². The number of hydrogen-bond acceptors (Lipinski definition) is 0. The third-order valence-corrected chi connectivity index (χ3v) is 4.01. The Balaban J connectivity index is 2.22. The normalized spacial score (nSPS) is 13.4. The molecule has 0 aliphatic carbocycles. The fraction of sp³-hybridized carbons (Fsp3) is 0.471. The number of nitrogens with zero attached hydrogens (tertiary/aromatic N) is 2. The van der Waals surface area contributed by atoms with Crippen molar-refractivity contribution in [3.8, 4) is 5.69 Å². The molecular formula is C17H24FN2+. The summed E-state index contributed by atoms with van der Waals surface area (Å²) < 4.78 is 17.2. The minimum atomic E-state index is -0.203. The van der Waals surface area contributed by atoms with Crippen LogP contribution in [0.25, 0.3) is 5.69 Å². The number of halogens is 1. The summed E-state index contributed by atoms with van der Waals surface area (Å²) in [5.41, 5.74) is 1.06. The first-order valence-electron chi connectivity index (χ1n) is 7.28. The van der Waals surface area contributed by atoms with Gasteiger partial charge in [-0.25, -0.2) is 13.5 Å². The molecule has 1 unspecified atom stereocenters. The Morgan fingerprint density at radius 3 is 2.50 bits per heavy atom. The van der Waals surface area contributed by atoms with E-state index in [0.29, 0.717) is 5.92 Å². The van der Waals surface area contributed by atoms with Crippen LogP contribution in [0.15, 0.2) is 43.0 Å². The summed E-state index contributed by atoms with van der Waals surface area (Å²) in [7, 11) is 0. The van der Waals surface area contributed by atoms with Gasteiger partial charge in [-0.15, -0.1) is 0 Å². The summed E-state index contributed by atoms with van der Waals surface area (Å²) in [4.78, 5) is 0. The number of rotatable bonds is 5. The first kappa shape index (κ1) is 14.8. The van der Waals surface area contributed by atoms with Crippen LogP contribution in [0, 0.1) is 11.7 Å². The van der Waals surface area contributed by atoms with E-state index in [2.05, 4.69) is 44.8 Å². The van der Waals surface area contributed by atoms with E-state index in [9.17, 15) is 4.39 Å². The van der Waals surface area contributed by atoms with Gasteiger partial charge in [0.1, 0.15) is 29.4 Å². The molecule has 0 aliphatic rings. The average Bonchev–Trinajstić information content (AvgIpc) is 2.89. The van der Waals surface area contributed by atoms with E-state index in [1.165, 1.54) is 18.6 Å². The van der Waals surface area contributed by atoms with E-state index < -0.39 is 0 Å². The van der Waals surface area contributed by atoms with Crippen molar-refractivity contribution in [3.63, 3.8) is 0 Å². The average molecular weight is 275 g/mol. The Kier molecular flexibility index (Phi) is 4.26. The van der Waals surface area contributed by atoms with Gasteiger partial charge in [-0.1, -0.05) is 20.3 Å². The molecule has 0 spiro atoms. The van der Waals surface area contributed by atoms with Crippen molar-refractivity contribution in [2.24, 2.45) is 5.92 Å². The number of benzene rings is 1. The topological polar surface area (TPSA) is 8.81 Å².